The molecule has 3 N–H and O–H groups in total. The summed E-state index contributed by atoms with van der Waals surface area (Å²) in [6.07, 6.45) is 1.58. The predicted molar refractivity (Wildman–Crippen MR) is 162 cm³/mol. The van der Waals surface area contributed by atoms with Gasteiger partial charge in [-0.3, -0.25) is 0 Å². The monoisotopic (exact) mass is 613 g/mol. The maximum absolute atomic E-state index is 13.0. The molecule has 0 spiro atoms. The predicted octanol–water partition coefficient (Wildman–Crippen LogP) is 4.60. The molecule has 0 saturated carbocycles. The SMILES string of the molecule is CCN1NNNC1(COC(CC)(CC)C(=O)OC)[C@H]1O[C@H](c2cccc(OC)c2OC)c2cc(Cl)ccc2-n2cccc21. The Morgan fingerprint density at radius 2 is 1.84 bits per heavy atom. The highest BCUT2D eigenvalue weighted by Crippen LogP contribution is 2.49. The Morgan fingerprint density at radius 3 is 2.51 bits per heavy atom. The Labute approximate surface area is 257 Å². The van der Waals surface area contributed by atoms with Gasteiger partial charge in [-0.1, -0.05) is 44.5 Å². The van der Waals surface area contributed by atoms with Crippen LogP contribution in [0.3, 0.4) is 0 Å². The van der Waals surface area contributed by atoms with Crippen molar-refractivity contribution >= 4 is 17.6 Å². The lowest BCUT2D eigenvalue weighted by atomic mass is 9.95. The number of para-hydroxylation sites is 1. The van der Waals surface area contributed by atoms with Gasteiger partial charge in [0.25, 0.3) is 0 Å². The lowest BCUT2D eigenvalue weighted by Crippen LogP contribution is -2.63. The molecule has 0 bridgehead atoms. The van der Waals surface area contributed by atoms with Gasteiger partial charge in [-0.2, -0.15) is 11.1 Å². The van der Waals surface area contributed by atoms with Gasteiger partial charge in [0, 0.05) is 28.9 Å². The van der Waals surface area contributed by atoms with Crippen LogP contribution in [0.2, 0.25) is 5.02 Å². The van der Waals surface area contributed by atoms with Gasteiger partial charge in [0.2, 0.25) is 0 Å². The van der Waals surface area contributed by atoms with Gasteiger partial charge in [-0.15, -0.1) is 0 Å². The molecule has 11 nitrogen and oxygen atoms in total. The van der Waals surface area contributed by atoms with Crippen LogP contribution < -0.4 is 26.0 Å². The molecule has 3 atom stereocenters. The zero-order valence-corrected chi connectivity index (χ0v) is 26.2. The average molecular weight is 614 g/mol. The average Bonchev–Trinajstić information content (AvgIpc) is 3.66. The summed E-state index contributed by atoms with van der Waals surface area (Å²) < 4.78 is 32.7. The largest absolute Gasteiger partial charge is 0.493 e. The number of aromatic nitrogens is 1. The van der Waals surface area contributed by atoms with Crippen LogP contribution >= 0.6 is 11.6 Å². The molecule has 43 heavy (non-hydrogen) atoms. The number of hydrogen-bond donors (Lipinski definition) is 3. The second-order valence-electron chi connectivity index (χ2n) is 10.5. The molecule has 5 rings (SSSR count). The molecule has 2 aliphatic heterocycles. The van der Waals surface area contributed by atoms with E-state index in [9.17, 15) is 4.79 Å². The quantitative estimate of drug-likeness (QED) is 0.266. The van der Waals surface area contributed by atoms with Crippen LogP contribution in [0.5, 0.6) is 11.5 Å². The minimum absolute atomic E-state index is 0.0620. The van der Waals surface area contributed by atoms with Crippen LogP contribution in [0.1, 0.15) is 62.6 Å². The van der Waals surface area contributed by atoms with E-state index in [-0.39, 0.29) is 6.61 Å². The lowest BCUT2D eigenvalue weighted by Gasteiger charge is -2.44. The molecule has 12 heteroatoms. The number of esters is 1. The second kappa shape index (κ2) is 12.8. The highest BCUT2D eigenvalue weighted by molar-refractivity contribution is 6.30. The van der Waals surface area contributed by atoms with Crippen molar-refractivity contribution < 1.29 is 28.5 Å². The molecule has 2 aliphatic rings. The normalized spacial score (nSPS) is 22.0. The first kappa shape index (κ1) is 31.3. The van der Waals surface area contributed by atoms with Crippen molar-refractivity contribution in [2.75, 3.05) is 34.5 Å². The van der Waals surface area contributed by atoms with Crippen LogP contribution in [0, 0.1) is 0 Å². The summed E-state index contributed by atoms with van der Waals surface area (Å²) in [6.45, 7) is 6.49. The number of methoxy groups -OCH3 is 3. The van der Waals surface area contributed by atoms with E-state index in [2.05, 4.69) is 21.1 Å². The molecule has 3 heterocycles. The van der Waals surface area contributed by atoms with E-state index in [4.69, 9.17) is 35.3 Å². The van der Waals surface area contributed by atoms with E-state index in [0.29, 0.717) is 35.9 Å². The number of likely N-dealkylation sites (N-methyl/N-ethyl adjacent to an activating group) is 1. The van der Waals surface area contributed by atoms with Crippen LogP contribution in [0.4, 0.5) is 0 Å². The van der Waals surface area contributed by atoms with E-state index < -0.39 is 29.4 Å². The topological polar surface area (TPSA) is 107 Å². The molecule has 0 amide bonds. The molecule has 0 radical (unpaired) electrons. The van der Waals surface area contributed by atoms with E-state index in [1.54, 1.807) is 14.2 Å². The fraction of sp³-hybridized carbons (Fsp3) is 0.452. The van der Waals surface area contributed by atoms with Crippen molar-refractivity contribution in [3.8, 4) is 17.2 Å². The third kappa shape index (κ3) is 5.29. The second-order valence-corrected chi connectivity index (χ2v) is 10.9. The Bertz CT molecular complexity index is 1450. The van der Waals surface area contributed by atoms with Gasteiger partial charge in [0.15, 0.2) is 22.8 Å². The number of nitrogens with zero attached hydrogens (tertiary/aromatic N) is 2. The van der Waals surface area contributed by atoms with Crippen LogP contribution in [0.15, 0.2) is 54.7 Å². The Morgan fingerprint density at radius 1 is 1.05 bits per heavy atom. The van der Waals surface area contributed by atoms with Gasteiger partial charge >= 0.3 is 5.97 Å². The zero-order valence-electron chi connectivity index (χ0n) is 25.4. The number of carbonyl (C=O) groups excluding carboxylic acids is 1. The number of hydrazine groups is 3. The van der Waals surface area contributed by atoms with Crippen molar-refractivity contribution in [2.45, 2.75) is 57.1 Å². The highest BCUT2D eigenvalue weighted by atomic mass is 35.5. The van der Waals surface area contributed by atoms with Gasteiger partial charge in [-0.25, -0.2) is 15.2 Å². The number of nitrogens with one attached hydrogen (secondary N) is 3. The molecular weight excluding hydrogens is 574 g/mol. The Kier molecular flexibility index (Phi) is 9.33. The number of fused-ring (bicyclic) bond motifs is 3. The number of ether oxygens (including phenoxy) is 5. The van der Waals surface area contributed by atoms with E-state index >= 15 is 0 Å². The van der Waals surface area contributed by atoms with Crippen LogP contribution in [-0.2, 0) is 19.0 Å². The first-order valence-corrected chi connectivity index (χ1v) is 14.8. The maximum Gasteiger partial charge on any atom is 0.338 e. The van der Waals surface area contributed by atoms with E-state index in [1.165, 1.54) is 7.11 Å². The Hall–Kier alpha value is -3.16. The van der Waals surface area contributed by atoms with Crippen molar-refractivity contribution in [2.24, 2.45) is 0 Å². The van der Waals surface area contributed by atoms with Crippen molar-refractivity contribution in [1.29, 1.82) is 0 Å². The minimum Gasteiger partial charge on any atom is -0.493 e. The van der Waals surface area contributed by atoms with Crippen molar-refractivity contribution in [1.82, 2.24) is 26.1 Å². The third-order valence-corrected chi connectivity index (χ3v) is 8.77. The van der Waals surface area contributed by atoms with E-state index in [0.717, 1.165) is 22.5 Å². The standard InChI is InChI=1S/C31H40ClN5O6/c1-7-30(8-2,29(38)41-6)42-19-31(33-34-35-37(31)9-3)28-24-13-11-17-36(24)23-16-15-20(32)18-22(23)26(43-28)21-12-10-14-25(39-4)27(21)40-5/h10-18,26,28,33-35H,7-9,19H2,1-6H3/t26-,28+,31?/m1/s1. The third-order valence-electron chi connectivity index (χ3n) is 8.54. The van der Waals surface area contributed by atoms with Gasteiger partial charge in [0.05, 0.1) is 39.3 Å². The number of halogens is 1. The summed E-state index contributed by atoms with van der Waals surface area (Å²) in [5.41, 5.74) is 10.9. The smallest absolute Gasteiger partial charge is 0.338 e. The fourth-order valence-electron chi connectivity index (χ4n) is 6.14. The minimum atomic E-state index is -1.13. The van der Waals surface area contributed by atoms with Crippen LogP contribution in [-0.4, -0.2) is 61.3 Å². The summed E-state index contributed by atoms with van der Waals surface area (Å²) in [7, 11) is 4.60. The molecule has 1 saturated heterocycles. The fourth-order valence-corrected chi connectivity index (χ4v) is 6.32. The van der Waals surface area contributed by atoms with E-state index in [1.807, 2.05) is 80.5 Å². The number of rotatable bonds is 11. The Balaban J connectivity index is 1.71. The lowest BCUT2D eigenvalue weighted by molar-refractivity contribution is -0.190. The molecule has 1 fully saturated rings. The zero-order chi connectivity index (χ0) is 30.8. The molecule has 1 aromatic heterocycles. The molecule has 3 aromatic rings. The van der Waals surface area contributed by atoms with Crippen LogP contribution in [0.25, 0.3) is 5.69 Å². The van der Waals surface area contributed by atoms with Crippen molar-refractivity contribution in [3.05, 3.63) is 76.6 Å². The number of benzene rings is 2. The van der Waals surface area contributed by atoms with Gasteiger partial charge < -0.3 is 28.3 Å². The molecule has 232 valence electrons. The van der Waals surface area contributed by atoms with Gasteiger partial charge in [-0.05, 0) is 49.2 Å². The summed E-state index contributed by atoms with van der Waals surface area (Å²) in [4.78, 5) is 13.0. The summed E-state index contributed by atoms with van der Waals surface area (Å²) >= 11 is 6.60. The van der Waals surface area contributed by atoms with Crippen molar-refractivity contribution in [3.63, 3.8) is 0 Å². The molecular formula is C31H40ClN5O6. The molecule has 1 unspecified atom stereocenters. The summed E-state index contributed by atoms with van der Waals surface area (Å²) in [5, 5.41) is 2.55. The maximum atomic E-state index is 13.0. The summed E-state index contributed by atoms with van der Waals surface area (Å²) in [6, 6.07) is 15.5. The molecule has 0 aliphatic carbocycles. The van der Waals surface area contributed by atoms with Gasteiger partial charge in [0.1, 0.15) is 12.2 Å². The first-order valence-electron chi connectivity index (χ1n) is 14.4. The highest BCUT2D eigenvalue weighted by Gasteiger charge is 2.54. The first-order chi connectivity index (χ1) is 20.8. The molecule has 2 aromatic carbocycles. The number of carbonyl (C=O) groups is 1. The number of hydrogen-bond acceptors (Lipinski definition) is 10. The summed E-state index contributed by atoms with van der Waals surface area (Å²) in [5.74, 6) is 0.721.